The molecule has 1 N–H and O–H groups in total. The Hall–Kier alpha value is -1.39. The number of hydrogen-bond donors (Lipinski definition) is 1. The van der Waals surface area contributed by atoms with Crippen molar-refractivity contribution in [2.24, 2.45) is 11.8 Å². The van der Waals surface area contributed by atoms with Gasteiger partial charge in [0.05, 0.1) is 0 Å². The normalized spacial score (nSPS) is 15.7. The summed E-state index contributed by atoms with van der Waals surface area (Å²) < 4.78 is 4.92. The smallest absolute Gasteiger partial charge is 0.315 e. The van der Waals surface area contributed by atoms with Crippen molar-refractivity contribution in [1.82, 2.24) is 10.1 Å². The lowest BCUT2D eigenvalue weighted by molar-refractivity contribution is -0.119. The summed E-state index contributed by atoms with van der Waals surface area (Å²) in [5.74, 6) is 1.23. The topological polar surface area (TPSA) is 68.0 Å². The second-order valence-corrected chi connectivity index (χ2v) is 4.31. The average Bonchev–Trinajstić information content (AvgIpc) is 2.87. The number of rotatable bonds is 4. The molecule has 15 heavy (non-hydrogen) atoms. The molecule has 2 rings (SSSR count). The van der Waals surface area contributed by atoms with Crippen molar-refractivity contribution in [3.8, 4) is 0 Å². The van der Waals surface area contributed by atoms with Crippen molar-refractivity contribution in [3.05, 3.63) is 5.82 Å². The number of carbonyl (C=O) groups is 1. The molecule has 0 aliphatic heterocycles. The van der Waals surface area contributed by atoms with Crippen molar-refractivity contribution in [1.29, 1.82) is 0 Å². The van der Waals surface area contributed by atoms with Crippen LogP contribution in [0.25, 0.3) is 0 Å². The number of carbonyl (C=O) groups excluding carboxylic acids is 1. The third-order valence-corrected chi connectivity index (χ3v) is 2.39. The summed E-state index contributed by atoms with van der Waals surface area (Å²) in [4.78, 5) is 15.4. The van der Waals surface area contributed by atoms with E-state index in [4.69, 9.17) is 4.52 Å². The summed E-state index contributed by atoms with van der Waals surface area (Å²) in [6, 6.07) is 0.212. The molecule has 1 aliphatic rings. The van der Waals surface area contributed by atoms with Crippen molar-refractivity contribution < 1.29 is 9.32 Å². The second kappa shape index (κ2) is 4.00. The zero-order valence-corrected chi connectivity index (χ0v) is 8.99. The monoisotopic (exact) mass is 209 g/mol. The van der Waals surface area contributed by atoms with Crippen molar-refractivity contribution in [2.45, 2.75) is 33.1 Å². The van der Waals surface area contributed by atoms with Gasteiger partial charge in [-0.05, 0) is 18.8 Å². The van der Waals surface area contributed by atoms with Gasteiger partial charge in [0.2, 0.25) is 5.91 Å². The van der Waals surface area contributed by atoms with Crippen LogP contribution in [0.5, 0.6) is 0 Å². The first-order valence-electron chi connectivity index (χ1n) is 5.28. The van der Waals surface area contributed by atoms with Crippen molar-refractivity contribution >= 4 is 11.9 Å². The van der Waals surface area contributed by atoms with Gasteiger partial charge in [-0.15, -0.1) is 0 Å². The molecule has 5 heteroatoms. The third kappa shape index (κ3) is 2.78. The van der Waals surface area contributed by atoms with Crippen molar-refractivity contribution in [3.63, 3.8) is 0 Å². The second-order valence-electron chi connectivity index (χ2n) is 4.31. The van der Waals surface area contributed by atoms with E-state index in [2.05, 4.69) is 15.5 Å². The molecule has 1 fully saturated rings. The minimum absolute atomic E-state index is 0.0798. The van der Waals surface area contributed by atoms with Crippen LogP contribution in [0.4, 0.5) is 6.01 Å². The van der Waals surface area contributed by atoms with E-state index in [1.807, 2.05) is 13.8 Å². The number of nitrogens with zero attached hydrogens (tertiary/aromatic N) is 2. The van der Waals surface area contributed by atoms with Gasteiger partial charge in [0, 0.05) is 12.3 Å². The fraction of sp³-hybridized carbons (Fsp3) is 0.700. The van der Waals surface area contributed by atoms with Gasteiger partial charge in [-0.2, -0.15) is 4.98 Å². The lowest BCUT2D eigenvalue weighted by Gasteiger charge is -2.01. The molecule has 0 bridgehead atoms. The standard InChI is InChI=1S/C10H15N3O2/c1-6(2)9(14)12-10-11-8(13-15-10)5-7-3-4-7/h6-7H,3-5H2,1-2H3,(H,11,12,13,14). The minimum Gasteiger partial charge on any atom is -0.315 e. The maximum absolute atomic E-state index is 11.3. The van der Waals surface area contributed by atoms with E-state index in [0.29, 0.717) is 5.82 Å². The van der Waals surface area contributed by atoms with Crippen LogP contribution in [0.15, 0.2) is 4.52 Å². The summed E-state index contributed by atoms with van der Waals surface area (Å²) in [7, 11) is 0. The van der Waals surface area contributed by atoms with Gasteiger partial charge >= 0.3 is 6.01 Å². The molecule has 82 valence electrons. The van der Waals surface area contributed by atoms with E-state index in [-0.39, 0.29) is 17.8 Å². The van der Waals surface area contributed by atoms with Gasteiger partial charge in [0.15, 0.2) is 5.82 Å². The Kier molecular flexibility index (Phi) is 2.70. The number of aromatic nitrogens is 2. The molecule has 0 aromatic carbocycles. The van der Waals surface area contributed by atoms with Crippen molar-refractivity contribution in [2.75, 3.05) is 5.32 Å². The zero-order chi connectivity index (χ0) is 10.8. The third-order valence-electron chi connectivity index (χ3n) is 2.39. The molecule has 0 unspecified atom stereocenters. The van der Waals surface area contributed by atoms with E-state index in [1.165, 1.54) is 12.8 Å². The van der Waals surface area contributed by atoms with Crippen LogP contribution in [-0.4, -0.2) is 16.0 Å². The SMILES string of the molecule is CC(C)C(=O)Nc1nc(CC2CC2)no1. The highest BCUT2D eigenvalue weighted by molar-refractivity contribution is 5.89. The number of anilines is 1. The number of amides is 1. The summed E-state index contributed by atoms with van der Waals surface area (Å²) >= 11 is 0. The Morgan fingerprint density at radius 3 is 2.93 bits per heavy atom. The first-order chi connectivity index (χ1) is 7.15. The van der Waals surface area contributed by atoms with E-state index in [1.54, 1.807) is 0 Å². The lowest BCUT2D eigenvalue weighted by atomic mass is 10.2. The predicted molar refractivity (Wildman–Crippen MR) is 54.2 cm³/mol. The highest BCUT2D eigenvalue weighted by Crippen LogP contribution is 2.31. The van der Waals surface area contributed by atoms with Crippen LogP contribution in [0.1, 0.15) is 32.5 Å². The molecule has 0 spiro atoms. The maximum Gasteiger partial charge on any atom is 0.328 e. The fourth-order valence-electron chi connectivity index (χ4n) is 1.22. The van der Waals surface area contributed by atoms with Crippen LogP contribution < -0.4 is 5.32 Å². The Balaban J connectivity index is 1.91. The average molecular weight is 209 g/mol. The summed E-state index contributed by atoms with van der Waals surface area (Å²) in [6.07, 6.45) is 3.37. The molecule has 1 heterocycles. The molecular formula is C10H15N3O2. The van der Waals surface area contributed by atoms with E-state index >= 15 is 0 Å². The molecule has 0 saturated heterocycles. The minimum atomic E-state index is -0.100. The number of hydrogen-bond acceptors (Lipinski definition) is 4. The maximum atomic E-state index is 11.3. The van der Waals surface area contributed by atoms with Gasteiger partial charge in [-0.3, -0.25) is 10.1 Å². The quantitative estimate of drug-likeness (QED) is 0.818. The van der Waals surface area contributed by atoms with Crippen LogP contribution in [-0.2, 0) is 11.2 Å². The van der Waals surface area contributed by atoms with Crippen LogP contribution >= 0.6 is 0 Å². The molecular weight excluding hydrogens is 194 g/mol. The molecule has 1 saturated carbocycles. The lowest BCUT2D eigenvalue weighted by Crippen LogP contribution is -2.17. The van der Waals surface area contributed by atoms with E-state index in [9.17, 15) is 4.79 Å². The highest BCUT2D eigenvalue weighted by atomic mass is 16.5. The van der Waals surface area contributed by atoms with Gasteiger partial charge in [-0.1, -0.05) is 19.0 Å². The highest BCUT2D eigenvalue weighted by Gasteiger charge is 2.24. The van der Waals surface area contributed by atoms with Gasteiger partial charge < -0.3 is 4.52 Å². The van der Waals surface area contributed by atoms with Crippen LogP contribution in [0, 0.1) is 11.8 Å². The fourth-order valence-corrected chi connectivity index (χ4v) is 1.22. The van der Waals surface area contributed by atoms with Gasteiger partial charge in [0.1, 0.15) is 0 Å². The Bertz CT molecular complexity index is 355. The Labute approximate surface area is 88.2 Å². The van der Waals surface area contributed by atoms with Gasteiger partial charge in [-0.25, -0.2) is 0 Å². The largest absolute Gasteiger partial charge is 0.328 e. The van der Waals surface area contributed by atoms with Gasteiger partial charge in [0.25, 0.3) is 0 Å². The summed E-state index contributed by atoms with van der Waals surface area (Å²) in [5, 5.41) is 6.38. The molecule has 1 aliphatic carbocycles. The molecule has 0 radical (unpaired) electrons. The number of nitrogens with one attached hydrogen (secondary N) is 1. The molecule has 1 aromatic rings. The first kappa shape index (κ1) is 10.1. The Morgan fingerprint density at radius 2 is 2.33 bits per heavy atom. The molecule has 5 nitrogen and oxygen atoms in total. The first-order valence-corrected chi connectivity index (χ1v) is 5.28. The summed E-state index contributed by atoms with van der Waals surface area (Å²) in [6.45, 7) is 3.63. The van der Waals surface area contributed by atoms with Crippen LogP contribution in [0.3, 0.4) is 0 Å². The summed E-state index contributed by atoms with van der Waals surface area (Å²) in [5.41, 5.74) is 0. The predicted octanol–water partition coefficient (Wildman–Crippen LogP) is 1.62. The molecule has 0 atom stereocenters. The van der Waals surface area contributed by atoms with E-state index in [0.717, 1.165) is 12.3 Å². The molecule has 1 amide bonds. The zero-order valence-electron chi connectivity index (χ0n) is 8.99. The van der Waals surface area contributed by atoms with E-state index < -0.39 is 0 Å². The molecule has 1 aromatic heterocycles. The Morgan fingerprint density at radius 1 is 1.60 bits per heavy atom. The van der Waals surface area contributed by atoms with Crippen LogP contribution in [0.2, 0.25) is 0 Å².